The Hall–Kier alpha value is -5.92. The van der Waals surface area contributed by atoms with E-state index in [1.807, 2.05) is 0 Å². The van der Waals surface area contributed by atoms with Crippen molar-refractivity contribution in [2.45, 2.75) is 177 Å². The van der Waals surface area contributed by atoms with Gasteiger partial charge in [0.1, 0.15) is 17.2 Å². The number of rotatable bonds is 2. The van der Waals surface area contributed by atoms with Crippen LogP contribution >= 0.6 is 0 Å². The molecule has 74 heavy (non-hydrogen) atoms. The normalized spacial score (nSPS) is 16.8. The van der Waals surface area contributed by atoms with Crippen LogP contribution in [0.1, 0.15) is 183 Å². The summed E-state index contributed by atoms with van der Waals surface area (Å²) in [6.45, 7) is 50.5. The Morgan fingerprint density at radius 2 is 0.743 bits per heavy atom. The highest BCUT2D eigenvalue weighted by atomic mass is 16.3. The maximum atomic E-state index is 14.4. The van der Waals surface area contributed by atoms with Crippen molar-refractivity contribution < 1.29 is 19.5 Å². The molecule has 0 heterocycles. The molecule has 0 aromatic heterocycles. The van der Waals surface area contributed by atoms with Gasteiger partial charge in [-0.15, -0.1) is 0 Å². The van der Waals surface area contributed by atoms with Gasteiger partial charge in [0.15, 0.2) is 11.6 Å². The average molecular weight is 992 g/mol. The van der Waals surface area contributed by atoms with E-state index in [1.54, 1.807) is 0 Å². The van der Waals surface area contributed by atoms with Crippen LogP contribution in [0.5, 0.6) is 5.75 Å². The van der Waals surface area contributed by atoms with Crippen molar-refractivity contribution in [1.29, 1.82) is 0 Å². The van der Waals surface area contributed by atoms with Crippen LogP contribution in [0.4, 0.5) is 0 Å². The van der Waals surface area contributed by atoms with E-state index < -0.39 is 10.8 Å². The third kappa shape index (κ3) is 11.9. The lowest BCUT2D eigenvalue weighted by atomic mass is 9.67. The van der Waals surface area contributed by atoms with Crippen LogP contribution < -0.4 is 20.9 Å². The molecule has 390 valence electrons. The predicted molar refractivity (Wildman–Crippen MR) is 313 cm³/mol. The fourth-order valence-electron chi connectivity index (χ4n) is 9.93. The molecular weight excluding hydrogens is 905 g/mol. The van der Waals surface area contributed by atoms with Gasteiger partial charge in [-0.05, 0) is 167 Å². The van der Waals surface area contributed by atoms with E-state index in [4.69, 9.17) is 0 Å². The lowest BCUT2D eigenvalue weighted by Gasteiger charge is -2.31. The summed E-state index contributed by atoms with van der Waals surface area (Å²) in [5, 5.41) is 15.5. The van der Waals surface area contributed by atoms with Crippen molar-refractivity contribution in [3.8, 4) is 16.9 Å². The summed E-state index contributed by atoms with van der Waals surface area (Å²) in [6, 6.07) is 17.0. The third-order valence-electron chi connectivity index (χ3n) is 14.5. The maximum Gasteiger partial charge on any atom is 0.291 e. The highest BCUT2D eigenvalue weighted by Gasteiger charge is 2.46. The SMILES string of the molecule is CC(C)(C)C1=CC(=c2ccc(=C=C=c3ccc(=C4C=C(C(C)(C)C)C(=O)C(C(C)(C)C)=C4)cc3-c3cc(C(C)(C)C)c(O)c(C(C)(C)C)c3)c(C3=C[C+](C(C)(C)C)C(=O)C(C(C)(C)C)=C3)c2)C=C(C(C)(C)C)C1=O. The first-order chi connectivity index (χ1) is 33.4. The molecule has 0 unspecified atom stereocenters. The number of benzene rings is 3. The van der Waals surface area contributed by atoms with Crippen LogP contribution in [0.3, 0.4) is 0 Å². The van der Waals surface area contributed by atoms with Crippen molar-refractivity contribution in [2.24, 2.45) is 32.5 Å². The van der Waals surface area contributed by atoms with E-state index >= 15 is 0 Å². The topological polar surface area (TPSA) is 71.4 Å². The lowest BCUT2D eigenvalue weighted by Crippen LogP contribution is -2.33. The maximum absolute atomic E-state index is 14.4. The zero-order chi connectivity index (χ0) is 56.0. The monoisotopic (exact) mass is 992 g/mol. The molecule has 0 saturated carbocycles. The smallest absolute Gasteiger partial charge is 0.291 e. The van der Waals surface area contributed by atoms with E-state index in [-0.39, 0.29) is 49.8 Å². The summed E-state index contributed by atoms with van der Waals surface area (Å²) in [4.78, 5) is 42.7. The van der Waals surface area contributed by atoms with Crippen molar-refractivity contribution in [2.75, 3.05) is 0 Å². The van der Waals surface area contributed by atoms with Crippen LogP contribution in [-0.4, -0.2) is 22.5 Å². The Balaban J connectivity index is 1.91. The Morgan fingerprint density at radius 3 is 1.07 bits per heavy atom. The molecule has 0 saturated heterocycles. The predicted octanol–water partition coefficient (Wildman–Crippen LogP) is 14.6. The second-order valence-corrected chi connectivity index (χ2v) is 29.4. The minimum atomic E-state index is -0.433. The molecule has 0 radical (unpaired) electrons. The Bertz CT molecular complexity index is 3280. The van der Waals surface area contributed by atoms with Gasteiger partial charge in [0.05, 0.1) is 23.3 Å². The Kier molecular flexibility index (Phi) is 14.7. The van der Waals surface area contributed by atoms with Gasteiger partial charge < -0.3 is 5.11 Å². The third-order valence-corrected chi connectivity index (χ3v) is 14.5. The van der Waals surface area contributed by atoms with Crippen LogP contribution in [0, 0.1) is 38.4 Å². The van der Waals surface area contributed by atoms with Crippen LogP contribution in [0.15, 0.2) is 113 Å². The molecule has 4 heteroatoms. The fourth-order valence-corrected chi connectivity index (χ4v) is 9.93. The molecule has 0 spiro atoms. The highest BCUT2D eigenvalue weighted by Crippen LogP contribution is 2.45. The summed E-state index contributed by atoms with van der Waals surface area (Å²) >= 11 is 0. The first-order valence-electron chi connectivity index (χ1n) is 26.7. The molecule has 1 N–H and O–H groups in total. The summed E-state index contributed by atoms with van der Waals surface area (Å²) < 4.78 is 0. The molecule has 0 amide bonds. The van der Waals surface area contributed by atoms with Crippen LogP contribution in [-0.2, 0) is 25.2 Å². The van der Waals surface area contributed by atoms with Crippen molar-refractivity contribution in [3.05, 3.63) is 156 Å². The molecule has 0 aliphatic heterocycles. The number of phenolic OH excluding ortho intramolecular Hbond substituents is 1. The lowest BCUT2D eigenvalue weighted by molar-refractivity contribution is -0.116. The van der Waals surface area contributed by atoms with Gasteiger partial charge in [-0.2, -0.15) is 0 Å². The fraction of sp³-hybridized carbons (Fsp3) is 0.457. The van der Waals surface area contributed by atoms with Gasteiger partial charge in [0.2, 0.25) is 0 Å². The second kappa shape index (κ2) is 19.0. The van der Waals surface area contributed by atoms with Crippen molar-refractivity contribution in [3.63, 3.8) is 0 Å². The molecule has 4 nitrogen and oxygen atoms in total. The number of carbonyl (C=O) groups is 3. The summed E-state index contributed by atoms with van der Waals surface area (Å²) in [5.41, 5.74) is 15.3. The number of aromatic hydroxyl groups is 1. The van der Waals surface area contributed by atoms with Gasteiger partial charge in [-0.1, -0.05) is 148 Å². The van der Waals surface area contributed by atoms with E-state index in [9.17, 15) is 19.5 Å². The standard InChI is InChI=1S/C70H86O4/c1-63(2,3)51-33-45(34-52(59(51)71)64(4,5)6)43-29-27-41(49(31-43)47-37-55(67(13,14)15)61(73)56(38-47)68(16,17)18)25-26-42-28-30-44(46-35-53(65(7,8)9)60(72)54(36-46)66(10,11)12)32-50(42)48-39-57(69(19,20)21)62(74)58(40-48)70(22,23)24/h27-40H,1-24H3/p+1. The minimum absolute atomic E-state index is 0.0604. The van der Waals surface area contributed by atoms with E-state index in [2.05, 4.69) is 263 Å². The van der Waals surface area contributed by atoms with Gasteiger partial charge in [-0.25, -0.2) is 0 Å². The summed E-state index contributed by atoms with van der Waals surface area (Å²) in [5.74, 6) is 1.28. The van der Waals surface area contributed by atoms with E-state index in [1.165, 1.54) is 0 Å². The number of hydrogen-bond acceptors (Lipinski definition) is 4. The Labute approximate surface area is 445 Å². The molecule has 3 aromatic carbocycles. The number of hydrogen-bond donors (Lipinski definition) is 1. The second-order valence-electron chi connectivity index (χ2n) is 29.4. The molecule has 0 bridgehead atoms. The zero-order valence-corrected chi connectivity index (χ0v) is 49.8. The molecular formula is C70H87O4+. The zero-order valence-electron chi connectivity index (χ0n) is 49.8. The highest BCUT2D eigenvalue weighted by molar-refractivity contribution is 6.16. The molecule has 0 atom stereocenters. The molecule has 3 aliphatic carbocycles. The van der Waals surface area contributed by atoms with Gasteiger partial charge in [0, 0.05) is 54.7 Å². The van der Waals surface area contributed by atoms with E-state index in [0.717, 1.165) is 99.2 Å². The first-order valence-corrected chi connectivity index (χ1v) is 26.7. The van der Waals surface area contributed by atoms with Gasteiger partial charge in [-0.3, -0.25) is 14.4 Å². The van der Waals surface area contributed by atoms with Crippen molar-refractivity contribution in [1.82, 2.24) is 0 Å². The number of ketones is 3. The van der Waals surface area contributed by atoms with Crippen LogP contribution in [0.25, 0.3) is 39.3 Å². The molecule has 6 rings (SSSR count). The van der Waals surface area contributed by atoms with Crippen LogP contribution in [0.2, 0.25) is 0 Å². The summed E-state index contributed by atoms with van der Waals surface area (Å²) in [7, 11) is 0. The average Bonchev–Trinajstić information content (AvgIpc) is 3.22. The molecule has 3 aromatic rings. The molecule has 0 fully saturated rings. The Morgan fingerprint density at radius 1 is 0.405 bits per heavy atom. The first kappa shape index (κ1) is 57.4. The van der Waals surface area contributed by atoms with Crippen molar-refractivity contribution >= 4 is 45.5 Å². The number of Topliss-reactive ketones (excluding diaryl/α,β-unsaturated/α-hetero) is 3. The number of carbonyl (C=O) groups excluding carboxylic acids is 3. The van der Waals surface area contributed by atoms with E-state index in [0.29, 0.717) is 5.75 Å². The number of phenols is 1. The molecule has 3 aliphatic rings. The largest absolute Gasteiger partial charge is 0.507 e. The number of allylic oxidation sites excluding steroid dienone is 12. The quantitative estimate of drug-likeness (QED) is 0.260. The van der Waals surface area contributed by atoms with Gasteiger partial charge >= 0.3 is 0 Å². The summed E-state index contributed by atoms with van der Waals surface area (Å²) in [6.07, 6.45) is 12.4. The minimum Gasteiger partial charge on any atom is -0.507 e. The van der Waals surface area contributed by atoms with Gasteiger partial charge in [0.25, 0.3) is 5.78 Å².